The monoisotopic (exact) mass is 653 g/mol. The van der Waals surface area contributed by atoms with Gasteiger partial charge in [0.1, 0.15) is 18.4 Å². The van der Waals surface area contributed by atoms with Crippen LogP contribution in [0.4, 0.5) is 10.1 Å². The zero-order valence-electron chi connectivity index (χ0n) is 22.9. The van der Waals surface area contributed by atoms with Crippen LogP contribution >= 0.6 is 34.8 Å². The molecule has 0 radical (unpaired) electrons. The number of carbonyl (C=O) groups is 2. The fourth-order valence-corrected chi connectivity index (χ4v) is 6.93. The van der Waals surface area contributed by atoms with Crippen molar-refractivity contribution in [2.24, 2.45) is 0 Å². The molecule has 0 aromatic heterocycles. The molecule has 1 aliphatic rings. The Kier molecular flexibility index (Phi) is 10.8. The highest BCUT2D eigenvalue weighted by molar-refractivity contribution is 7.92. The molecule has 1 saturated carbocycles. The lowest BCUT2D eigenvalue weighted by Gasteiger charge is -2.34. The summed E-state index contributed by atoms with van der Waals surface area (Å²) in [6, 6.07) is 15.0. The molecule has 1 unspecified atom stereocenters. The van der Waals surface area contributed by atoms with Crippen molar-refractivity contribution in [2.45, 2.75) is 62.6 Å². The zero-order chi connectivity index (χ0) is 30.4. The third kappa shape index (κ3) is 7.56. The lowest BCUT2D eigenvalue weighted by molar-refractivity contribution is -0.140. The third-order valence-corrected chi connectivity index (χ3v) is 10.0. The molecule has 2 amide bonds. The summed E-state index contributed by atoms with van der Waals surface area (Å²) < 4.78 is 42.6. The van der Waals surface area contributed by atoms with E-state index in [1.54, 1.807) is 43.3 Å². The Morgan fingerprint density at radius 2 is 1.64 bits per heavy atom. The van der Waals surface area contributed by atoms with Crippen molar-refractivity contribution in [3.05, 3.63) is 93.2 Å². The van der Waals surface area contributed by atoms with Crippen LogP contribution in [0, 0.1) is 5.82 Å². The first kappa shape index (κ1) is 32.1. The third-order valence-electron chi connectivity index (χ3n) is 7.23. The van der Waals surface area contributed by atoms with Crippen molar-refractivity contribution in [2.75, 3.05) is 10.8 Å². The Morgan fingerprint density at radius 3 is 2.26 bits per heavy atom. The summed E-state index contributed by atoms with van der Waals surface area (Å²) in [5, 5.41) is 3.36. The molecular weight excluding hydrogens is 624 g/mol. The molecular formula is C30H31Cl3FN3O4S. The lowest BCUT2D eigenvalue weighted by atomic mass is 10.1. The van der Waals surface area contributed by atoms with Gasteiger partial charge >= 0.3 is 0 Å². The van der Waals surface area contributed by atoms with Crippen LogP contribution < -0.4 is 9.62 Å². The van der Waals surface area contributed by atoms with E-state index in [1.807, 2.05) is 0 Å². The number of nitrogens with zero attached hydrogens (tertiary/aromatic N) is 2. The minimum absolute atomic E-state index is 0.00320. The quantitative estimate of drug-likeness (QED) is 0.245. The Balaban J connectivity index is 1.73. The van der Waals surface area contributed by atoms with Crippen molar-refractivity contribution >= 4 is 62.3 Å². The van der Waals surface area contributed by atoms with E-state index in [0.29, 0.717) is 10.6 Å². The number of rotatable bonds is 11. The minimum Gasteiger partial charge on any atom is -0.352 e. The van der Waals surface area contributed by atoms with E-state index in [9.17, 15) is 22.4 Å². The van der Waals surface area contributed by atoms with E-state index in [2.05, 4.69) is 5.32 Å². The molecule has 1 atom stereocenters. The molecule has 0 saturated heterocycles. The van der Waals surface area contributed by atoms with E-state index in [1.165, 1.54) is 23.1 Å². The van der Waals surface area contributed by atoms with Crippen LogP contribution in [-0.4, -0.2) is 43.8 Å². The van der Waals surface area contributed by atoms with Gasteiger partial charge < -0.3 is 10.2 Å². The average Bonchev–Trinajstić information content (AvgIpc) is 3.48. The summed E-state index contributed by atoms with van der Waals surface area (Å²) in [4.78, 5) is 28.9. The summed E-state index contributed by atoms with van der Waals surface area (Å²) in [6.07, 6.45) is 4.02. The molecule has 224 valence electrons. The van der Waals surface area contributed by atoms with Crippen LogP contribution in [0.3, 0.4) is 0 Å². The predicted octanol–water partition coefficient (Wildman–Crippen LogP) is 6.85. The van der Waals surface area contributed by atoms with Gasteiger partial charge in [0, 0.05) is 12.6 Å². The maximum atomic E-state index is 14.1. The highest BCUT2D eigenvalue weighted by atomic mass is 35.5. The minimum atomic E-state index is -4.30. The summed E-state index contributed by atoms with van der Waals surface area (Å²) in [5.41, 5.74) is 0.601. The summed E-state index contributed by atoms with van der Waals surface area (Å²) in [6.45, 7) is 1.08. The average molecular weight is 655 g/mol. The largest absolute Gasteiger partial charge is 0.352 e. The van der Waals surface area contributed by atoms with E-state index >= 15 is 0 Å². The Hall–Kier alpha value is -2.85. The van der Waals surface area contributed by atoms with E-state index in [0.717, 1.165) is 42.1 Å². The van der Waals surface area contributed by atoms with Crippen molar-refractivity contribution in [1.29, 1.82) is 0 Å². The number of carbonyl (C=O) groups excluding carboxylic acids is 2. The van der Waals surface area contributed by atoms with Crippen LogP contribution in [0.1, 0.15) is 44.6 Å². The number of halogens is 4. The molecule has 0 heterocycles. The maximum Gasteiger partial charge on any atom is 0.264 e. The number of sulfonamides is 1. The second-order valence-electron chi connectivity index (χ2n) is 10.1. The fourth-order valence-electron chi connectivity index (χ4n) is 5.01. The van der Waals surface area contributed by atoms with Gasteiger partial charge in [-0.1, -0.05) is 78.8 Å². The summed E-state index contributed by atoms with van der Waals surface area (Å²) in [7, 11) is -4.30. The molecule has 1 N–H and O–H groups in total. The van der Waals surface area contributed by atoms with Gasteiger partial charge in [-0.15, -0.1) is 0 Å². The number of amides is 2. The first-order chi connectivity index (χ1) is 20.0. The van der Waals surface area contributed by atoms with Crippen molar-refractivity contribution < 1.29 is 22.4 Å². The molecule has 1 aliphatic carbocycles. The zero-order valence-corrected chi connectivity index (χ0v) is 26.0. The Morgan fingerprint density at radius 1 is 0.952 bits per heavy atom. The predicted molar refractivity (Wildman–Crippen MR) is 164 cm³/mol. The van der Waals surface area contributed by atoms with Crippen molar-refractivity contribution in [3.63, 3.8) is 0 Å². The number of hydrogen-bond acceptors (Lipinski definition) is 4. The first-order valence-electron chi connectivity index (χ1n) is 13.6. The molecule has 42 heavy (non-hydrogen) atoms. The Labute approximate surface area is 260 Å². The molecule has 3 aromatic carbocycles. The molecule has 4 rings (SSSR count). The maximum absolute atomic E-state index is 14.1. The molecule has 12 heteroatoms. The Bertz CT molecular complexity index is 1540. The van der Waals surface area contributed by atoms with Crippen molar-refractivity contribution in [3.8, 4) is 0 Å². The van der Waals surface area contributed by atoms with Gasteiger partial charge in [0.15, 0.2) is 0 Å². The fraction of sp³-hybridized carbons (Fsp3) is 0.333. The second-order valence-corrected chi connectivity index (χ2v) is 13.2. The van der Waals surface area contributed by atoms with E-state index < -0.39 is 34.3 Å². The number of benzene rings is 3. The van der Waals surface area contributed by atoms with E-state index in [4.69, 9.17) is 34.8 Å². The first-order valence-corrected chi connectivity index (χ1v) is 16.1. The second kappa shape index (κ2) is 14.1. The van der Waals surface area contributed by atoms with Crippen LogP contribution in [0.15, 0.2) is 71.6 Å². The normalized spacial score (nSPS) is 14.4. The van der Waals surface area contributed by atoms with Gasteiger partial charge in [0.05, 0.1) is 25.7 Å². The molecule has 0 bridgehead atoms. The highest BCUT2D eigenvalue weighted by Gasteiger charge is 2.34. The van der Waals surface area contributed by atoms with Crippen LogP contribution in [0.2, 0.25) is 15.1 Å². The van der Waals surface area contributed by atoms with Gasteiger partial charge in [0.25, 0.3) is 10.0 Å². The lowest BCUT2D eigenvalue weighted by Crippen LogP contribution is -2.53. The standard InChI is InChI=1S/C30H31Cl3FN3O4S/c1-2-28(30(39)35-21-8-6-7-9-21)36(18-20-12-14-24(31)25(32)16-20)29(38)19-37(22-13-15-27(34)26(33)17-22)42(40,41)23-10-4-3-5-11-23/h3-5,10-17,21,28H,2,6-9,18-19H2,1H3,(H,35,39). The van der Waals surface area contributed by atoms with Gasteiger partial charge in [0.2, 0.25) is 11.8 Å². The van der Waals surface area contributed by atoms with E-state index in [-0.39, 0.29) is 45.5 Å². The smallest absolute Gasteiger partial charge is 0.264 e. The number of hydrogen-bond donors (Lipinski definition) is 1. The van der Waals surface area contributed by atoms with Gasteiger partial charge in [-0.2, -0.15) is 0 Å². The number of nitrogens with one attached hydrogen (secondary N) is 1. The van der Waals surface area contributed by atoms with Crippen LogP contribution in [-0.2, 0) is 26.2 Å². The molecule has 0 aliphatic heterocycles. The highest BCUT2D eigenvalue weighted by Crippen LogP contribution is 2.29. The van der Waals surface area contributed by atoms with Gasteiger partial charge in [-0.3, -0.25) is 13.9 Å². The summed E-state index contributed by atoms with van der Waals surface area (Å²) in [5.74, 6) is -1.70. The molecule has 0 spiro atoms. The molecule has 1 fully saturated rings. The topological polar surface area (TPSA) is 86.8 Å². The summed E-state index contributed by atoms with van der Waals surface area (Å²) >= 11 is 18.4. The number of anilines is 1. The van der Waals surface area contributed by atoms with Crippen LogP contribution in [0.25, 0.3) is 0 Å². The molecule has 7 nitrogen and oxygen atoms in total. The molecule has 3 aromatic rings. The van der Waals surface area contributed by atoms with Gasteiger partial charge in [-0.05, 0) is 67.3 Å². The van der Waals surface area contributed by atoms with Gasteiger partial charge in [-0.25, -0.2) is 12.8 Å². The SMILES string of the molecule is CCC(C(=O)NC1CCCC1)N(Cc1ccc(Cl)c(Cl)c1)C(=O)CN(c1ccc(F)c(Cl)c1)S(=O)(=O)c1ccccc1. The van der Waals surface area contributed by atoms with Crippen LogP contribution in [0.5, 0.6) is 0 Å². The van der Waals surface area contributed by atoms with Crippen molar-refractivity contribution in [1.82, 2.24) is 10.2 Å².